The van der Waals surface area contributed by atoms with E-state index in [-0.39, 0.29) is 6.10 Å². The Hall–Kier alpha value is -0.120. The molecule has 88 valence electrons. The third kappa shape index (κ3) is 3.44. The van der Waals surface area contributed by atoms with Crippen LogP contribution in [0.3, 0.4) is 0 Å². The fourth-order valence-corrected chi connectivity index (χ4v) is 2.49. The molecule has 1 aliphatic heterocycles. The lowest BCUT2D eigenvalue weighted by molar-refractivity contribution is -0.0765. The van der Waals surface area contributed by atoms with Crippen LogP contribution >= 0.6 is 0 Å². The van der Waals surface area contributed by atoms with E-state index < -0.39 is 0 Å². The van der Waals surface area contributed by atoms with E-state index in [2.05, 4.69) is 12.2 Å². The number of nitrogens with one attached hydrogen (secondary N) is 1. The molecule has 1 aliphatic carbocycles. The average molecular weight is 213 g/mol. The maximum Gasteiger partial charge on any atom is 0.0933 e. The standard InChI is InChI=1S/C12H23NO2/c1-10-4-2-3-5-12(10)15-9-11-8-13-6-7-14-11/h10-13H,2-9H2,1H3. The molecule has 0 aromatic carbocycles. The third-order valence-electron chi connectivity index (χ3n) is 3.53. The number of rotatable bonds is 3. The monoisotopic (exact) mass is 213 g/mol. The molecule has 3 heteroatoms. The van der Waals surface area contributed by atoms with Gasteiger partial charge in [0.25, 0.3) is 0 Å². The number of hydrogen-bond donors (Lipinski definition) is 1. The Labute approximate surface area is 92.5 Å². The summed E-state index contributed by atoms with van der Waals surface area (Å²) >= 11 is 0. The van der Waals surface area contributed by atoms with Crippen molar-refractivity contribution in [3.63, 3.8) is 0 Å². The summed E-state index contributed by atoms with van der Waals surface area (Å²) in [5, 5.41) is 3.33. The van der Waals surface area contributed by atoms with Crippen molar-refractivity contribution in [1.29, 1.82) is 0 Å². The first-order valence-electron chi connectivity index (χ1n) is 6.30. The van der Waals surface area contributed by atoms with Gasteiger partial charge in [-0.3, -0.25) is 0 Å². The van der Waals surface area contributed by atoms with Crippen LogP contribution in [-0.4, -0.2) is 38.5 Å². The molecule has 2 rings (SSSR count). The van der Waals surface area contributed by atoms with Crippen molar-refractivity contribution in [2.45, 2.75) is 44.8 Å². The minimum absolute atomic E-state index is 0.271. The van der Waals surface area contributed by atoms with Gasteiger partial charge in [-0.1, -0.05) is 19.8 Å². The quantitative estimate of drug-likeness (QED) is 0.772. The van der Waals surface area contributed by atoms with Crippen LogP contribution in [-0.2, 0) is 9.47 Å². The zero-order chi connectivity index (χ0) is 10.5. The zero-order valence-electron chi connectivity index (χ0n) is 9.71. The SMILES string of the molecule is CC1CCCCC1OCC1CNCCO1. The lowest BCUT2D eigenvalue weighted by Crippen LogP contribution is -2.42. The summed E-state index contributed by atoms with van der Waals surface area (Å²) in [5.74, 6) is 0.732. The molecule has 1 N–H and O–H groups in total. The van der Waals surface area contributed by atoms with Crippen molar-refractivity contribution in [2.75, 3.05) is 26.3 Å². The van der Waals surface area contributed by atoms with Gasteiger partial charge >= 0.3 is 0 Å². The van der Waals surface area contributed by atoms with Crippen LogP contribution in [0.2, 0.25) is 0 Å². The maximum absolute atomic E-state index is 5.97. The van der Waals surface area contributed by atoms with E-state index in [0.29, 0.717) is 6.10 Å². The fourth-order valence-electron chi connectivity index (χ4n) is 2.49. The zero-order valence-corrected chi connectivity index (χ0v) is 9.71. The summed E-state index contributed by atoms with van der Waals surface area (Å²) in [6, 6.07) is 0. The van der Waals surface area contributed by atoms with Gasteiger partial charge in [0.2, 0.25) is 0 Å². The Balaban J connectivity index is 1.67. The molecular formula is C12H23NO2. The molecule has 2 aliphatic rings. The molecule has 1 saturated heterocycles. The number of hydrogen-bond acceptors (Lipinski definition) is 3. The Kier molecular flexibility index (Phi) is 4.42. The molecule has 0 bridgehead atoms. The van der Waals surface area contributed by atoms with E-state index in [1.54, 1.807) is 0 Å². The van der Waals surface area contributed by atoms with E-state index in [4.69, 9.17) is 9.47 Å². The van der Waals surface area contributed by atoms with Crippen LogP contribution in [0.4, 0.5) is 0 Å². The molecule has 0 aromatic rings. The van der Waals surface area contributed by atoms with Gasteiger partial charge in [-0.15, -0.1) is 0 Å². The first-order chi connectivity index (χ1) is 7.36. The smallest absolute Gasteiger partial charge is 0.0933 e. The fraction of sp³-hybridized carbons (Fsp3) is 1.00. The van der Waals surface area contributed by atoms with Crippen LogP contribution in [0.25, 0.3) is 0 Å². The van der Waals surface area contributed by atoms with E-state index in [1.165, 1.54) is 25.7 Å². The first-order valence-corrected chi connectivity index (χ1v) is 6.30. The summed E-state index contributed by atoms with van der Waals surface area (Å²) in [5.41, 5.74) is 0. The van der Waals surface area contributed by atoms with Crippen molar-refractivity contribution in [3.8, 4) is 0 Å². The van der Waals surface area contributed by atoms with Crippen molar-refractivity contribution in [1.82, 2.24) is 5.32 Å². The normalized spacial score (nSPS) is 37.8. The first kappa shape index (κ1) is 11.4. The van der Waals surface area contributed by atoms with Gasteiger partial charge in [-0.25, -0.2) is 0 Å². The van der Waals surface area contributed by atoms with Gasteiger partial charge < -0.3 is 14.8 Å². The Morgan fingerprint density at radius 2 is 2.20 bits per heavy atom. The highest BCUT2D eigenvalue weighted by molar-refractivity contribution is 4.74. The van der Waals surface area contributed by atoms with Crippen molar-refractivity contribution >= 4 is 0 Å². The van der Waals surface area contributed by atoms with Crippen molar-refractivity contribution < 1.29 is 9.47 Å². The minimum atomic E-state index is 0.271. The van der Waals surface area contributed by atoms with Gasteiger partial charge in [-0.2, -0.15) is 0 Å². The number of ether oxygens (including phenoxy) is 2. The Morgan fingerprint density at radius 1 is 1.33 bits per heavy atom. The molecule has 1 saturated carbocycles. The third-order valence-corrected chi connectivity index (χ3v) is 3.53. The van der Waals surface area contributed by atoms with E-state index in [1.807, 2.05) is 0 Å². The van der Waals surface area contributed by atoms with Crippen LogP contribution in [0.5, 0.6) is 0 Å². The minimum Gasteiger partial charge on any atom is -0.375 e. The molecule has 1 heterocycles. The number of morpholine rings is 1. The summed E-state index contributed by atoms with van der Waals surface area (Å²) < 4.78 is 11.6. The topological polar surface area (TPSA) is 30.5 Å². The second-order valence-corrected chi connectivity index (χ2v) is 4.83. The summed E-state index contributed by atoms with van der Waals surface area (Å²) in [6.07, 6.45) is 6.02. The molecule has 0 amide bonds. The molecule has 3 atom stereocenters. The summed E-state index contributed by atoms with van der Waals surface area (Å²) in [7, 11) is 0. The van der Waals surface area contributed by atoms with Crippen LogP contribution in [0.15, 0.2) is 0 Å². The van der Waals surface area contributed by atoms with Gasteiger partial charge in [0.05, 0.1) is 25.4 Å². The Morgan fingerprint density at radius 3 is 2.93 bits per heavy atom. The highest BCUT2D eigenvalue weighted by Gasteiger charge is 2.23. The van der Waals surface area contributed by atoms with Crippen LogP contribution < -0.4 is 5.32 Å². The molecular weight excluding hydrogens is 190 g/mol. The van der Waals surface area contributed by atoms with Crippen LogP contribution in [0, 0.1) is 5.92 Å². The van der Waals surface area contributed by atoms with Crippen molar-refractivity contribution in [3.05, 3.63) is 0 Å². The average Bonchev–Trinajstić information content (AvgIpc) is 2.29. The second-order valence-electron chi connectivity index (χ2n) is 4.83. The van der Waals surface area contributed by atoms with E-state index in [0.717, 1.165) is 32.2 Å². The van der Waals surface area contributed by atoms with E-state index in [9.17, 15) is 0 Å². The summed E-state index contributed by atoms with van der Waals surface area (Å²) in [4.78, 5) is 0. The molecule has 3 unspecified atom stereocenters. The highest BCUT2D eigenvalue weighted by atomic mass is 16.5. The Bertz CT molecular complexity index is 180. The van der Waals surface area contributed by atoms with Crippen LogP contribution in [0.1, 0.15) is 32.6 Å². The molecule has 0 radical (unpaired) electrons. The predicted molar refractivity (Wildman–Crippen MR) is 60.0 cm³/mol. The largest absolute Gasteiger partial charge is 0.375 e. The lowest BCUT2D eigenvalue weighted by atomic mass is 9.88. The van der Waals surface area contributed by atoms with Gasteiger partial charge in [-0.05, 0) is 18.8 Å². The molecule has 3 nitrogen and oxygen atoms in total. The molecule has 2 fully saturated rings. The highest BCUT2D eigenvalue weighted by Crippen LogP contribution is 2.26. The predicted octanol–water partition coefficient (Wildman–Crippen LogP) is 1.57. The maximum atomic E-state index is 5.97. The van der Waals surface area contributed by atoms with Gasteiger partial charge in [0, 0.05) is 13.1 Å². The van der Waals surface area contributed by atoms with Gasteiger partial charge in [0.1, 0.15) is 0 Å². The molecule has 15 heavy (non-hydrogen) atoms. The molecule has 0 spiro atoms. The summed E-state index contributed by atoms with van der Waals surface area (Å²) in [6.45, 7) is 5.83. The molecule has 0 aromatic heterocycles. The lowest BCUT2D eigenvalue weighted by Gasteiger charge is -2.31. The van der Waals surface area contributed by atoms with E-state index >= 15 is 0 Å². The second kappa shape index (κ2) is 5.83. The van der Waals surface area contributed by atoms with Crippen molar-refractivity contribution in [2.24, 2.45) is 5.92 Å². The van der Waals surface area contributed by atoms with Gasteiger partial charge in [0.15, 0.2) is 0 Å².